The Labute approximate surface area is 186 Å². The summed E-state index contributed by atoms with van der Waals surface area (Å²) < 4.78 is 5.56. The molecule has 0 aliphatic rings. The van der Waals surface area contributed by atoms with Crippen LogP contribution in [0.4, 0.5) is 11.4 Å². The number of phenols is 1. The Morgan fingerprint density at radius 1 is 1.06 bits per heavy atom. The van der Waals surface area contributed by atoms with E-state index in [-0.39, 0.29) is 23.0 Å². The standard InChI is InChI=1S/C25H23N3O4/c1-3-24(30)26-16-17-10-12-19(13-11-17)27-28-21-14-20(22(29)15-23(21)32-4-2)25(31)18-8-6-5-7-9-18/h3,5-15,29H,1,4,16H2,2H3,(H,26,30)/b28-27+. The Hall–Kier alpha value is -4.26. The molecule has 1 amide bonds. The molecule has 0 aliphatic heterocycles. The molecule has 0 saturated carbocycles. The first kappa shape index (κ1) is 22.4. The summed E-state index contributed by atoms with van der Waals surface area (Å²) in [6.45, 7) is 5.96. The Kier molecular flexibility index (Phi) is 7.48. The van der Waals surface area contributed by atoms with Gasteiger partial charge in [0.05, 0.1) is 17.9 Å². The number of azo groups is 1. The number of hydrogen-bond donors (Lipinski definition) is 2. The molecule has 0 spiro atoms. The summed E-state index contributed by atoms with van der Waals surface area (Å²) in [6.07, 6.45) is 1.22. The topological polar surface area (TPSA) is 100 Å². The molecule has 0 radical (unpaired) electrons. The molecule has 3 aromatic carbocycles. The van der Waals surface area contributed by atoms with Crippen LogP contribution in [0.1, 0.15) is 28.4 Å². The molecule has 2 N–H and O–H groups in total. The highest BCUT2D eigenvalue weighted by Crippen LogP contribution is 2.36. The highest BCUT2D eigenvalue weighted by Gasteiger charge is 2.17. The van der Waals surface area contributed by atoms with Gasteiger partial charge in [-0.2, -0.15) is 5.11 Å². The van der Waals surface area contributed by atoms with Crippen LogP contribution in [0.15, 0.2) is 89.6 Å². The molecule has 3 aromatic rings. The van der Waals surface area contributed by atoms with Gasteiger partial charge in [-0.15, -0.1) is 5.11 Å². The molecule has 3 rings (SSSR count). The molecule has 0 saturated heterocycles. The molecule has 0 aromatic heterocycles. The van der Waals surface area contributed by atoms with Gasteiger partial charge in [0, 0.05) is 18.2 Å². The number of nitrogens with one attached hydrogen (secondary N) is 1. The molecule has 162 valence electrons. The number of nitrogens with zero attached hydrogens (tertiary/aromatic N) is 2. The van der Waals surface area contributed by atoms with Crippen LogP contribution in [0, 0.1) is 0 Å². The third-order valence-electron chi connectivity index (χ3n) is 4.52. The third-order valence-corrected chi connectivity index (χ3v) is 4.52. The van der Waals surface area contributed by atoms with Crippen molar-refractivity contribution in [2.75, 3.05) is 6.61 Å². The van der Waals surface area contributed by atoms with Crippen molar-refractivity contribution in [3.8, 4) is 11.5 Å². The normalized spacial score (nSPS) is 10.7. The number of ether oxygens (including phenoxy) is 1. The van der Waals surface area contributed by atoms with E-state index >= 15 is 0 Å². The van der Waals surface area contributed by atoms with Gasteiger partial charge in [-0.05, 0) is 36.8 Å². The van der Waals surface area contributed by atoms with Gasteiger partial charge < -0.3 is 15.2 Å². The Morgan fingerprint density at radius 2 is 1.78 bits per heavy atom. The molecule has 0 bridgehead atoms. The average molecular weight is 429 g/mol. The van der Waals surface area contributed by atoms with Crippen LogP contribution in [-0.4, -0.2) is 23.4 Å². The average Bonchev–Trinajstić information content (AvgIpc) is 2.83. The fourth-order valence-electron chi connectivity index (χ4n) is 2.89. The summed E-state index contributed by atoms with van der Waals surface area (Å²) in [7, 11) is 0. The first-order valence-corrected chi connectivity index (χ1v) is 10.0. The quantitative estimate of drug-likeness (QED) is 0.276. The fourth-order valence-corrected chi connectivity index (χ4v) is 2.89. The minimum Gasteiger partial charge on any atom is -0.507 e. The number of benzene rings is 3. The highest BCUT2D eigenvalue weighted by atomic mass is 16.5. The smallest absolute Gasteiger partial charge is 0.243 e. The Morgan fingerprint density at radius 3 is 2.44 bits per heavy atom. The summed E-state index contributed by atoms with van der Waals surface area (Å²) in [5.41, 5.74) is 2.37. The molecule has 7 nitrogen and oxygen atoms in total. The number of rotatable bonds is 9. The van der Waals surface area contributed by atoms with E-state index in [2.05, 4.69) is 22.1 Å². The van der Waals surface area contributed by atoms with E-state index in [4.69, 9.17) is 4.74 Å². The second-order valence-electron chi connectivity index (χ2n) is 6.75. The summed E-state index contributed by atoms with van der Waals surface area (Å²) in [4.78, 5) is 24.1. The van der Waals surface area contributed by atoms with E-state index in [0.29, 0.717) is 35.8 Å². The van der Waals surface area contributed by atoms with Gasteiger partial charge >= 0.3 is 0 Å². The van der Waals surface area contributed by atoms with Crippen molar-refractivity contribution in [1.82, 2.24) is 5.32 Å². The Balaban J connectivity index is 1.85. The summed E-state index contributed by atoms with van der Waals surface area (Å²) in [6, 6.07) is 18.7. The zero-order valence-electron chi connectivity index (χ0n) is 17.6. The van der Waals surface area contributed by atoms with E-state index in [1.807, 2.05) is 25.1 Å². The first-order chi connectivity index (χ1) is 15.5. The lowest BCUT2D eigenvalue weighted by molar-refractivity contribution is -0.116. The maximum atomic E-state index is 12.8. The predicted octanol–water partition coefficient (Wildman–Crippen LogP) is 5.24. The zero-order chi connectivity index (χ0) is 22.9. The molecule has 0 fully saturated rings. The maximum absolute atomic E-state index is 12.8. The SMILES string of the molecule is C=CC(=O)NCc1ccc(/N=N/c2cc(C(=O)c3ccccc3)c(O)cc2OCC)cc1. The van der Waals surface area contributed by atoms with E-state index in [1.54, 1.807) is 36.4 Å². The summed E-state index contributed by atoms with van der Waals surface area (Å²) in [5, 5.41) is 21.6. The van der Waals surface area contributed by atoms with Crippen LogP contribution >= 0.6 is 0 Å². The predicted molar refractivity (Wildman–Crippen MR) is 122 cm³/mol. The molecule has 7 heteroatoms. The van der Waals surface area contributed by atoms with Gasteiger partial charge in [-0.25, -0.2) is 0 Å². The van der Waals surface area contributed by atoms with Crippen LogP contribution in [0.2, 0.25) is 0 Å². The molecular weight excluding hydrogens is 406 g/mol. The molecule has 32 heavy (non-hydrogen) atoms. The van der Waals surface area contributed by atoms with Crippen LogP contribution in [0.5, 0.6) is 11.5 Å². The Bertz CT molecular complexity index is 1140. The number of carbonyl (C=O) groups excluding carboxylic acids is 2. The van der Waals surface area contributed by atoms with E-state index in [1.165, 1.54) is 18.2 Å². The van der Waals surface area contributed by atoms with Crippen LogP contribution in [0.25, 0.3) is 0 Å². The van der Waals surface area contributed by atoms with Gasteiger partial charge in [0.15, 0.2) is 11.5 Å². The van der Waals surface area contributed by atoms with Crippen LogP contribution in [-0.2, 0) is 11.3 Å². The second-order valence-corrected chi connectivity index (χ2v) is 6.75. The first-order valence-electron chi connectivity index (χ1n) is 10.0. The van der Waals surface area contributed by atoms with Crippen molar-refractivity contribution in [1.29, 1.82) is 0 Å². The fraction of sp³-hybridized carbons (Fsp3) is 0.120. The van der Waals surface area contributed by atoms with Gasteiger partial charge in [-0.1, -0.05) is 49.0 Å². The lowest BCUT2D eigenvalue weighted by Crippen LogP contribution is -2.19. The second kappa shape index (κ2) is 10.7. The van der Waals surface area contributed by atoms with Crippen molar-refractivity contribution in [3.05, 3.63) is 96.1 Å². The third kappa shape index (κ3) is 5.66. The number of amides is 1. The van der Waals surface area contributed by atoms with Crippen molar-refractivity contribution in [2.24, 2.45) is 10.2 Å². The summed E-state index contributed by atoms with van der Waals surface area (Å²) >= 11 is 0. The van der Waals surface area contributed by atoms with E-state index in [9.17, 15) is 14.7 Å². The van der Waals surface area contributed by atoms with Gasteiger partial charge in [0.2, 0.25) is 5.91 Å². The van der Waals surface area contributed by atoms with Crippen LogP contribution < -0.4 is 10.1 Å². The van der Waals surface area contributed by atoms with E-state index in [0.717, 1.165) is 5.56 Å². The van der Waals surface area contributed by atoms with Crippen molar-refractivity contribution in [3.63, 3.8) is 0 Å². The molecule has 0 heterocycles. The van der Waals surface area contributed by atoms with Crippen molar-refractivity contribution < 1.29 is 19.4 Å². The number of phenolic OH excluding ortho intramolecular Hbond substituents is 1. The van der Waals surface area contributed by atoms with Gasteiger partial charge in [0.25, 0.3) is 0 Å². The van der Waals surface area contributed by atoms with Gasteiger partial charge in [-0.3, -0.25) is 9.59 Å². The minimum absolute atomic E-state index is 0.113. The summed E-state index contributed by atoms with van der Waals surface area (Å²) in [5.74, 6) is -0.437. The van der Waals surface area contributed by atoms with Crippen molar-refractivity contribution in [2.45, 2.75) is 13.5 Å². The zero-order valence-corrected chi connectivity index (χ0v) is 17.6. The largest absolute Gasteiger partial charge is 0.507 e. The number of hydrogen-bond acceptors (Lipinski definition) is 6. The van der Waals surface area contributed by atoms with Crippen molar-refractivity contribution >= 4 is 23.1 Å². The lowest BCUT2D eigenvalue weighted by Gasteiger charge is -2.10. The number of aromatic hydroxyl groups is 1. The number of ketones is 1. The lowest BCUT2D eigenvalue weighted by atomic mass is 10.0. The van der Waals surface area contributed by atoms with E-state index < -0.39 is 0 Å². The highest BCUT2D eigenvalue weighted by molar-refractivity contribution is 6.11. The molecule has 0 aliphatic carbocycles. The monoisotopic (exact) mass is 429 g/mol. The molecular formula is C25H23N3O4. The molecule has 0 unspecified atom stereocenters. The molecule has 0 atom stereocenters. The van der Waals surface area contributed by atoms with Gasteiger partial charge in [0.1, 0.15) is 11.4 Å². The minimum atomic E-state index is -0.325. The number of carbonyl (C=O) groups is 2. The van der Waals surface area contributed by atoms with Crippen LogP contribution in [0.3, 0.4) is 0 Å². The maximum Gasteiger partial charge on any atom is 0.243 e.